The Kier molecular flexibility index (Phi) is 5.94. The van der Waals surface area contributed by atoms with Gasteiger partial charge in [0.15, 0.2) is 0 Å². The van der Waals surface area contributed by atoms with E-state index in [1.807, 2.05) is 37.3 Å². The number of benzene rings is 3. The first-order valence-electron chi connectivity index (χ1n) is 10.3. The number of nitrogens with zero attached hydrogens (tertiary/aromatic N) is 2. The lowest BCUT2D eigenvalue weighted by Gasteiger charge is -2.22. The second-order valence-electron chi connectivity index (χ2n) is 7.23. The molecular weight excluding hydrogens is 404 g/mol. The van der Waals surface area contributed by atoms with E-state index >= 15 is 0 Å². The van der Waals surface area contributed by atoms with Gasteiger partial charge in [-0.15, -0.1) is 0 Å². The molecule has 0 radical (unpaired) electrons. The van der Waals surface area contributed by atoms with Crippen LogP contribution in [0.25, 0.3) is 16.5 Å². The zero-order valence-corrected chi connectivity index (χ0v) is 18.2. The van der Waals surface area contributed by atoms with Gasteiger partial charge in [-0.1, -0.05) is 30.3 Å². The number of anilines is 1. The summed E-state index contributed by atoms with van der Waals surface area (Å²) in [5, 5.41) is 1.08. The fourth-order valence-electron chi connectivity index (χ4n) is 3.70. The standard InChI is InChI=1S/C26H24N2O4/c1-4-32-24-12-8-7-11-23(24)27(2)25(29)22-17-28(18-13-15-19(31-3)16-14-18)26(30)21-10-6-5-9-20(21)22/h5-17H,4H2,1-3H3. The molecule has 6 heteroatoms. The van der Waals surface area contributed by atoms with Crippen molar-refractivity contribution in [3.8, 4) is 17.2 Å². The quantitative estimate of drug-likeness (QED) is 0.448. The molecule has 0 saturated carbocycles. The number of pyridine rings is 1. The number of hydrogen-bond acceptors (Lipinski definition) is 4. The number of ether oxygens (including phenoxy) is 2. The van der Waals surface area contributed by atoms with Crippen LogP contribution < -0.4 is 19.9 Å². The SMILES string of the molecule is CCOc1ccccc1N(C)C(=O)c1cn(-c2ccc(OC)cc2)c(=O)c2ccccc12. The zero-order valence-electron chi connectivity index (χ0n) is 18.2. The Morgan fingerprint density at radius 1 is 0.938 bits per heavy atom. The third-order valence-electron chi connectivity index (χ3n) is 5.34. The topological polar surface area (TPSA) is 60.8 Å². The number of carbonyl (C=O) groups excluding carboxylic acids is 1. The van der Waals surface area contributed by atoms with E-state index in [9.17, 15) is 9.59 Å². The summed E-state index contributed by atoms with van der Waals surface area (Å²) in [5.74, 6) is 1.07. The van der Waals surface area contributed by atoms with Crippen LogP contribution in [0.4, 0.5) is 5.69 Å². The first kappa shape index (κ1) is 21.2. The molecule has 162 valence electrons. The maximum atomic E-state index is 13.6. The molecule has 4 rings (SSSR count). The van der Waals surface area contributed by atoms with Crippen molar-refractivity contribution in [2.24, 2.45) is 0 Å². The van der Waals surface area contributed by atoms with Gasteiger partial charge in [0.05, 0.1) is 25.0 Å². The number of methoxy groups -OCH3 is 1. The van der Waals surface area contributed by atoms with E-state index < -0.39 is 0 Å². The van der Waals surface area contributed by atoms with Crippen LogP contribution in [0.15, 0.2) is 83.8 Å². The first-order valence-corrected chi connectivity index (χ1v) is 10.3. The Balaban J connectivity index is 1.87. The van der Waals surface area contributed by atoms with E-state index in [-0.39, 0.29) is 11.5 Å². The van der Waals surface area contributed by atoms with E-state index in [0.29, 0.717) is 45.8 Å². The molecule has 0 atom stereocenters. The highest BCUT2D eigenvalue weighted by Crippen LogP contribution is 2.29. The molecule has 0 N–H and O–H groups in total. The molecule has 3 aromatic carbocycles. The lowest BCUT2D eigenvalue weighted by molar-refractivity contribution is 0.0993. The maximum absolute atomic E-state index is 13.6. The largest absolute Gasteiger partial charge is 0.497 e. The second-order valence-corrected chi connectivity index (χ2v) is 7.23. The molecule has 6 nitrogen and oxygen atoms in total. The minimum atomic E-state index is -0.240. The molecule has 1 heterocycles. The lowest BCUT2D eigenvalue weighted by Crippen LogP contribution is -2.29. The highest BCUT2D eigenvalue weighted by molar-refractivity contribution is 6.14. The summed E-state index contributed by atoms with van der Waals surface area (Å²) >= 11 is 0. The van der Waals surface area contributed by atoms with Crippen LogP contribution in [0, 0.1) is 0 Å². The summed E-state index contributed by atoms with van der Waals surface area (Å²) in [6, 6.07) is 21.7. The Bertz CT molecular complexity index is 1330. The molecule has 32 heavy (non-hydrogen) atoms. The molecule has 1 aromatic heterocycles. The average Bonchev–Trinajstić information content (AvgIpc) is 2.84. The van der Waals surface area contributed by atoms with Crippen LogP contribution in [-0.2, 0) is 0 Å². The molecule has 0 fully saturated rings. The van der Waals surface area contributed by atoms with Gasteiger partial charge < -0.3 is 14.4 Å². The van der Waals surface area contributed by atoms with Crippen LogP contribution in [0.1, 0.15) is 17.3 Å². The third-order valence-corrected chi connectivity index (χ3v) is 5.34. The monoisotopic (exact) mass is 428 g/mol. The minimum Gasteiger partial charge on any atom is -0.497 e. The molecular formula is C26H24N2O4. The highest BCUT2D eigenvalue weighted by atomic mass is 16.5. The smallest absolute Gasteiger partial charge is 0.262 e. The van der Waals surface area contributed by atoms with Crippen molar-refractivity contribution in [1.82, 2.24) is 4.57 Å². The zero-order chi connectivity index (χ0) is 22.7. The predicted octanol–water partition coefficient (Wildman–Crippen LogP) is 4.67. The summed E-state index contributed by atoms with van der Waals surface area (Å²) < 4.78 is 12.4. The summed E-state index contributed by atoms with van der Waals surface area (Å²) in [6.45, 7) is 2.39. The predicted molar refractivity (Wildman–Crippen MR) is 126 cm³/mol. The molecule has 1 amide bonds. The summed E-state index contributed by atoms with van der Waals surface area (Å²) in [5.41, 5.74) is 1.53. The number of hydrogen-bond donors (Lipinski definition) is 0. The first-order chi connectivity index (χ1) is 15.5. The number of rotatable bonds is 6. The Morgan fingerprint density at radius 3 is 2.28 bits per heavy atom. The van der Waals surface area contributed by atoms with Crippen molar-refractivity contribution in [2.75, 3.05) is 25.7 Å². The van der Waals surface area contributed by atoms with Crippen LogP contribution in [0.5, 0.6) is 11.5 Å². The summed E-state index contributed by atoms with van der Waals surface area (Å²) in [7, 11) is 3.29. The van der Waals surface area contributed by atoms with Crippen molar-refractivity contribution in [3.05, 3.63) is 94.9 Å². The van der Waals surface area contributed by atoms with Crippen LogP contribution in [0.3, 0.4) is 0 Å². The molecule has 0 aliphatic rings. The van der Waals surface area contributed by atoms with E-state index in [4.69, 9.17) is 9.47 Å². The molecule has 0 saturated heterocycles. The van der Waals surface area contributed by atoms with E-state index in [1.54, 1.807) is 67.7 Å². The average molecular weight is 428 g/mol. The molecule has 0 spiro atoms. The van der Waals surface area contributed by atoms with Gasteiger partial charge in [-0.05, 0) is 49.4 Å². The van der Waals surface area contributed by atoms with Gasteiger partial charge in [0.2, 0.25) is 0 Å². The number of para-hydroxylation sites is 2. The van der Waals surface area contributed by atoms with Crippen molar-refractivity contribution in [2.45, 2.75) is 6.92 Å². The van der Waals surface area contributed by atoms with E-state index in [1.165, 1.54) is 4.57 Å². The molecule has 0 aliphatic carbocycles. The summed E-state index contributed by atoms with van der Waals surface area (Å²) in [6.07, 6.45) is 1.61. The van der Waals surface area contributed by atoms with Crippen molar-refractivity contribution in [1.29, 1.82) is 0 Å². The van der Waals surface area contributed by atoms with Gasteiger partial charge in [0.1, 0.15) is 11.5 Å². The van der Waals surface area contributed by atoms with Crippen molar-refractivity contribution in [3.63, 3.8) is 0 Å². The second kappa shape index (κ2) is 8.98. The highest BCUT2D eigenvalue weighted by Gasteiger charge is 2.21. The Labute approximate surface area is 186 Å². The maximum Gasteiger partial charge on any atom is 0.262 e. The molecule has 0 aliphatic heterocycles. The van der Waals surface area contributed by atoms with E-state index in [0.717, 1.165) is 0 Å². The fraction of sp³-hybridized carbons (Fsp3) is 0.154. The third kappa shape index (κ3) is 3.83. The van der Waals surface area contributed by atoms with Gasteiger partial charge in [-0.2, -0.15) is 0 Å². The van der Waals surface area contributed by atoms with Gasteiger partial charge in [0, 0.05) is 29.7 Å². The number of amides is 1. The van der Waals surface area contributed by atoms with Gasteiger partial charge in [-0.25, -0.2) is 0 Å². The summed E-state index contributed by atoms with van der Waals surface area (Å²) in [4.78, 5) is 28.4. The minimum absolute atomic E-state index is 0.195. The van der Waals surface area contributed by atoms with Crippen molar-refractivity contribution >= 4 is 22.4 Å². The number of carbonyl (C=O) groups is 1. The van der Waals surface area contributed by atoms with Crippen LogP contribution >= 0.6 is 0 Å². The Hall–Kier alpha value is -4.06. The van der Waals surface area contributed by atoms with Gasteiger partial charge in [-0.3, -0.25) is 14.2 Å². The normalized spacial score (nSPS) is 10.7. The number of fused-ring (bicyclic) bond motifs is 1. The van der Waals surface area contributed by atoms with Crippen molar-refractivity contribution < 1.29 is 14.3 Å². The van der Waals surface area contributed by atoms with Gasteiger partial charge in [0.25, 0.3) is 11.5 Å². The van der Waals surface area contributed by atoms with E-state index in [2.05, 4.69) is 0 Å². The van der Waals surface area contributed by atoms with Gasteiger partial charge >= 0.3 is 0 Å². The molecule has 0 bridgehead atoms. The van der Waals surface area contributed by atoms with Crippen LogP contribution in [-0.4, -0.2) is 31.2 Å². The lowest BCUT2D eigenvalue weighted by atomic mass is 10.1. The number of aromatic nitrogens is 1. The molecule has 0 unspecified atom stereocenters. The fourth-order valence-corrected chi connectivity index (χ4v) is 3.70. The molecule has 4 aromatic rings. The Morgan fingerprint density at radius 2 is 1.59 bits per heavy atom. The van der Waals surface area contributed by atoms with Crippen LogP contribution in [0.2, 0.25) is 0 Å².